The predicted molar refractivity (Wildman–Crippen MR) is 148 cm³/mol. The van der Waals surface area contributed by atoms with Crippen LogP contribution in [-0.4, -0.2) is 64.9 Å². The summed E-state index contributed by atoms with van der Waals surface area (Å²) in [4.78, 5) is 46.4. The van der Waals surface area contributed by atoms with E-state index < -0.39 is 36.2 Å². The largest absolute Gasteiger partial charge is 0.490 e. The first kappa shape index (κ1) is 36.5. The van der Waals surface area contributed by atoms with E-state index >= 15 is 0 Å². The molecule has 0 bridgehead atoms. The Morgan fingerprint density at radius 3 is 1.85 bits per heavy atom. The Morgan fingerprint density at radius 1 is 0.854 bits per heavy atom. The minimum atomic E-state index is -5.08. The molecule has 2 fully saturated rings. The Hall–Kier alpha value is -2.57. The predicted octanol–water partition coefficient (Wildman–Crippen LogP) is 4.56. The number of hydrogen-bond donors (Lipinski definition) is 6. The molecular formula is C28H49F3N4O6. The number of carboxylic acids is 2. The molecule has 41 heavy (non-hydrogen) atoms. The van der Waals surface area contributed by atoms with Crippen molar-refractivity contribution in [3.05, 3.63) is 0 Å². The first-order valence-corrected chi connectivity index (χ1v) is 14.6. The normalized spacial score (nSPS) is 21.4. The van der Waals surface area contributed by atoms with E-state index in [1.807, 2.05) is 0 Å². The van der Waals surface area contributed by atoms with E-state index in [2.05, 4.69) is 36.7 Å². The summed E-state index contributed by atoms with van der Waals surface area (Å²) in [5.74, 6) is -2.91. The molecule has 10 nitrogen and oxygen atoms in total. The zero-order valence-electron chi connectivity index (χ0n) is 24.5. The molecule has 2 aliphatic rings. The molecule has 7 N–H and O–H groups in total. The van der Waals surface area contributed by atoms with Crippen LogP contribution in [0, 0.1) is 17.3 Å². The fourth-order valence-corrected chi connectivity index (χ4v) is 5.50. The van der Waals surface area contributed by atoms with Gasteiger partial charge in [0.05, 0.1) is 0 Å². The Kier molecular flexibility index (Phi) is 15.5. The molecule has 13 heteroatoms. The highest BCUT2D eigenvalue weighted by molar-refractivity contribution is 5.89. The molecule has 0 aliphatic heterocycles. The monoisotopic (exact) mass is 594 g/mol. The zero-order chi connectivity index (χ0) is 31.2. The van der Waals surface area contributed by atoms with E-state index in [4.69, 9.17) is 15.6 Å². The van der Waals surface area contributed by atoms with E-state index in [0.717, 1.165) is 51.4 Å². The van der Waals surface area contributed by atoms with Crippen molar-refractivity contribution in [2.75, 3.05) is 6.54 Å². The van der Waals surface area contributed by atoms with Gasteiger partial charge >= 0.3 is 24.1 Å². The van der Waals surface area contributed by atoms with Crippen LogP contribution in [0.2, 0.25) is 0 Å². The highest BCUT2D eigenvalue weighted by Gasteiger charge is 2.38. The van der Waals surface area contributed by atoms with Crippen molar-refractivity contribution in [1.82, 2.24) is 16.0 Å². The van der Waals surface area contributed by atoms with Gasteiger partial charge in [0.2, 0.25) is 5.91 Å². The van der Waals surface area contributed by atoms with Gasteiger partial charge in [0.1, 0.15) is 12.1 Å². The summed E-state index contributed by atoms with van der Waals surface area (Å²) in [5, 5.41) is 25.2. The van der Waals surface area contributed by atoms with Crippen molar-refractivity contribution in [2.45, 2.75) is 129 Å². The molecule has 0 radical (unpaired) electrons. The number of nitrogens with two attached hydrogens (primary N) is 1. The molecule has 2 saturated carbocycles. The van der Waals surface area contributed by atoms with Crippen LogP contribution >= 0.6 is 0 Å². The van der Waals surface area contributed by atoms with Crippen molar-refractivity contribution >= 4 is 23.9 Å². The summed E-state index contributed by atoms with van der Waals surface area (Å²) in [6, 6.07) is -2.10. The minimum absolute atomic E-state index is 0.132. The van der Waals surface area contributed by atoms with Crippen LogP contribution in [0.4, 0.5) is 18.0 Å². The maximum Gasteiger partial charge on any atom is 0.490 e. The number of carbonyl (C=O) groups excluding carboxylic acids is 2. The fraction of sp³-hybridized carbons (Fsp3) is 0.857. The molecule has 0 heterocycles. The van der Waals surface area contributed by atoms with Gasteiger partial charge in [0.15, 0.2) is 0 Å². The van der Waals surface area contributed by atoms with Crippen LogP contribution in [0.1, 0.15) is 104 Å². The maximum absolute atomic E-state index is 13.2. The zero-order valence-corrected chi connectivity index (χ0v) is 24.5. The summed E-state index contributed by atoms with van der Waals surface area (Å²) < 4.78 is 31.7. The van der Waals surface area contributed by atoms with E-state index in [1.54, 1.807) is 0 Å². The van der Waals surface area contributed by atoms with E-state index in [9.17, 15) is 32.7 Å². The number of aliphatic carboxylic acids is 2. The summed E-state index contributed by atoms with van der Waals surface area (Å²) in [7, 11) is 0. The molecule has 0 spiro atoms. The van der Waals surface area contributed by atoms with Gasteiger partial charge in [-0.2, -0.15) is 13.2 Å². The quantitative estimate of drug-likeness (QED) is 0.190. The van der Waals surface area contributed by atoms with Gasteiger partial charge in [0.25, 0.3) is 0 Å². The van der Waals surface area contributed by atoms with Gasteiger partial charge in [-0.1, -0.05) is 52.9 Å². The van der Waals surface area contributed by atoms with Crippen molar-refractivity contribution in [3.8, 4) is 0 Å². The molecule has 2 rings (SSSR count). The Morgan fingerprint density at radius 2 is 1.39 bits per heavy atom. The van der Waals surface area contributed by atoms with Gasteiger partial charge in [0, 0.05) is 6.04 Å². The second kappa shape index (κ2) is 17.4. The second-order valence-corrected chi connectivity index (χ2v) is 12.3. The van der Waals surface area contributed by atoms with Crippen LogP contribution in [0.3, 0.4) is 0 Å². The molecule has 0 aromatic rings. The van der Waals surface area contributed by atoms with Crippen LogP contribution in [0.5, 0.6) is 0 Å². The van der Waals surface area contributed by atoms with Crippen LogP contribution < -0.4 is 21.7 Å². The Balaban J connectivity index is 0.00000106. The third-order valence-corrected chi connectivity index (χ3v) is 8.01. The lowest BCUT2D eigenvalue weighted by Crippen LogP contribution is -2.55. The van der Waals surface area contributed by atoms with E-state index in [1.165, 1.54) is 6.42 Å². The number of unbranched alkanes of at least 4 members (excludes halogenated alkanes) is 1. The first-order valence-electron chi connectivity index (χ1n) is 14.6. The summed E-state index contributed by atoms with van der Waals surface area (Å²) >= 11 is 0. The minimum Gasteiger partial charge on any atom is -0.480 e. The number of urea groups is 1. The number of halogens is 3. The Labute approximate surface area is 240 Å². The lowest BCUT2D eigenvalue weighted by Gasteiger charge is -2.37. The number of rotatable bonds is 11. The summed E-state index contributed by atoms with van der Waals surface area (Å²) in [6.45, 7) is 7.32. The van der Waals surface area contributed by atoms with Crippen molar-refractivity contribution in [2.24, 2.45) is 23.0 Å². The van der Waals surface area contributed by atoms with Crippen molar-refractivity contribution < 1.29 is 42.6 Å². The molecule has 2 atom stereocenters. The van der Waals surface area contributed by atoms with Gasteiger partial charge < -0.3 is 31.9 Å². The summed E-state index contributed by atoms with van der Waals surface area (Å²) in [6.07, 6.45) is 6.94. The second-order valence-electron chi connectivity index (χ2n) is 12.3. The van der Waals surface area contributed by atoms with Crippen molar-refractivity contribution in [3.63, 3.8) is 0 Å². The third kappa shape index (κ3) is 14.8. The lowest BCUT2D eigenvalue weighted by molar-refractivity contribution is -0.192. The molecule has 0 aromatic carbocycles. The molecule has 0 aromatic heterocycles. The van der Waals surface area contributed by atoms with Gasteiger partial charge in [-0.25, -0.2) is 14.4 Å². The summed E-state index contributed by atoms with van der Waals surface area (Å²) in [5.41, 5.74) is 5.77. The van der Waals surface area contributed by atoms with Gasteiger partial charge in [-0.05, 0) is 75.2 Å². The standard InChI is InChI=1S/C26H48N4O4.C2HF3O2/c1-26(2,3)19-12-14-20(15-13-19)28-23(31)22(17-18-9-5-4-6-10-18)30-25(34)29-21(24(32)33)11-7-8-16-27;3-2(4,5)1(6)7/h18-22H,4-17,27H2,1-3H3,(H,28,31)(H,32,33)(H2,29,30,34);(H,6,7)/t19?,20?,21-,22+;/m0./s1. The Bertz CT molecular complexity index is 836. The number of hydrogen-bond acceptors (Lipinski definition) is 5. The topological polar surface area (TPSA) is 171 Å². The van der Waals surface area contributed by atoms with E-state index in [0.29, 0.717) is 44.1 Å². The van der Waals surface area contributed by atoms with Crippen LogP contribution in [0.25, 0.3) is 0 Å². The number of carboxylic acid groups (broad SMARTS) is 2. The molecular weight excluding hydrogens is 545 g/mol. The first-order chi connectivity index (χ1) is 19.0. The average Bonchev–Trinajstić information content (AvgIpc) is 2.88. The van der Waals surface area contributed by atoms with Crippen LogP contribution in [0.15, 0.2) is 0 Å². The molecule has 3 amide bonds. The molecule has 238 valence electrons. The number of carbonyl (C=O) groups is 4. The molecule has 0 saturated heterocycles. The highest BCUT2D eigenvalue weighted by Crippen LogP contribution is 2.37. The third-order valence-electron chi connectivity index (χ3n) is 8.01. The SMILES string of the molecule is CC(C)(C)C1CCC(NC(=O)[C@@H](CC2CCCCC2)NC(=O)N[C@@H](CCCCN)C(=O)O)CC1.O=C(O)C(F)(F)F. The number of amides is 3. The maximum atomic E-state index is 13.2. The average molecular weight is 595 g/mol. The van der Waals surface area contributed by atoms with Gasteiger partial charge in [-0.3, -0.25) is 4.79 Å². The van der Waals surface area contributed by atoms with E-state index in [-0.39, 0.29) is 17.4 Å². The van der Waals surface area contributed by atoms with Gasteiger partial charge in [-0.15, -0.1) is 0 Å². The lowest BCUT2D eigenvalue weighted by atomic mass is 9.71. The molecule has 0 unspecified atom stereocenters. The smallest absolute Gasteiger partial charge is 0.480 e. The molecule has 2 aliphatic carbocycles. The highest BCUT2D eigenvalue weighted by atomic mass is 19.4. The number of nitrogens with one attached hydrogen (secondary N) is 3. The van der Waals surface area contributed by atoms with Crippen molar-refractivity contribution in [1.29, 1.82) is 0 Å². The fourth-order valence-electron chi connectivity index (χ4n) is 5.50. The van der Waals surface area contributed by atoms with Crippen LogP contribution in [-0.2, 0) is 14.4 Å². The number of alkyl halides is 3.